The van der Waals surface area contributed by atoms with E-state index in [0.29, 0.717) is 22.4 Å². The molecule has 1 aliphatic carbocycles. The molecule has 0 aliphatic heterocycles. The van der Waals surface area contributed by atoms with E-state index in [4.69, 9.17) is 17.3 Å². The third-order valence-corrected chi connectivity index (χ3v) is 6.59. The summed E-state index contributed by atoms with van der Waals surface area (Å²) in [7, 11) is 0. The standard InChI is InChI=1S/C23H23ClN4O2S/c24-16-8-4-5-14(11-16)9-10-19-21(22(25)29)28-20(31-19)13-26-23(30)27-18-12-17(18)15-6-2-1-3-7-15/h1-8,11,17-18H,9-10,12-13H2,(H2,25,29)(H2,26,27,30)/t17-,18+/m0/s1. The number of amides is 3. The molecule has 160 valence electrons. The van der Waals surface area contributed by atoms with Crippen LogP contribution in [0.5, 0.6) is 0 Å². The maximum Gasteiger partial charge on any atom is 0.315 e. The second-order valence-electron chi connectivity index (χ2n) is 7.56. The summed E-state index contributed by atoms with van der Waals surface area (Å²) in [5.74, 6) is -0.192. The van der Waals surface area contributed by atoms with Gasteiger partial charge in [0.2, 0.25) is 0 Å². The molecular weight excluding hydrogens is 432 g/mol. The van der Waals surface area contributed by atoms with E-state index in [1.807, 2.05) is 42.5 Å². The lowest BCUT2D eigenvalue weighted by molar-refractivity contribution is 0.0995. The summed E-state index contributed by atoms with van der Waals surface area (Å²) >= 11 is 7.44. The third-order valence-electron chi connectivity index (χ3n) is 5.24. The van der Waals surface area contributed by atoms with Gasteiger partial charge in [-0.1, -0.05) is 54.1 Å². The number of hydrogen-bond acceptors (Lipinski definition) is 4. The summed E-state index contributed by atoms with van der Waals surface area (Å²) in [6, 6.07) is 17.7. The predicted octanol–water partition coefficient (Wildman–Crippen LogP) is 4.04. The number of benzene rings is 2. The van der Waals surface area contributed by atoms with Gasteiger partial charge in [0.1, 0.15) is 10.7 Å². The minimum absolute atomic E-state index is 0.146. The molecule has 0 bridgehead atoms. The highest BCUT2D eigenvalue weighted by molar-refractivity contribution is 7.11. The van der Waals surface area contributed by atoms with Gasteiger partial charge >= 0.3 is 6.03 Å². The van der Waals surface area contributed by atoms with Crippen molar-refractivity contribution in [1.82, 2.24) is 15.6 Å². The molecule has 1 heterocycles. The van der Waals surface area contributed by atoms with Gasteiger partial charge in [-0.05, 0) is 42.5 Å². The average Bonchev–Trinajstić information content (AvgIpc) is 3.39. The van der Waals surface area contributed by atoms with E-state index in [2.05, 4.69) is 27.8 Å². The van der Waals surface area contributed by atoms with Crippen LogP contribution in [0.25, 0.3) is 0 Å². The second kappa shape index (κ2) is 9.49. The van der Waals surface area contributed by atoms with Crippen molar-refractivity contribution in [3.63, 3.8) is 0 Å². The fourth-order valence-electron chi connectivity index (χ4n) is 3.59. The first-order chi connectivity index (χ1) is 15.0. The fraction of sp³-hybridized carbons (Fsp3) is 0.261. The molecule has 4 N–H and O–H groups in total. The van der Waals surface area contributed by atoms with Crippen LogP contribution in [0.4, 0.5) is 4.79 Å². The number of primary amides is 1. The number of nitrogens with zero attached hydrogens (tertiary/aromatic N) is 1. The Bertz CT molecular complexity index is 1090. The number of nitrogens with two attached hydrogens (primary N) is 1. The molecule has 1 aliphatic rings. The van der Waals surface area contributed by atoms with Gasteiger partial charge in [0.25, 0.3) is 5.91 Å². The molecule has 6 nitrogen and oxygen atoms in total. The molecule has 0 spiro atoms. The molecule has 1 aromatic heterocycles. The van der Waals surface area contributed by atoms with Crippen molar-refractivity contribution in [1.29, 1.82) is 0 Å². The first kappa shape index (κ1) is 21.3. The maximum atomic E-state index is 12.3. The molecular formula is C23H23ClN4O2S. The normalized spacial score (nSPS) is 17.2. The van der Waals surface area contributed by atoms with E-state index >= 15 is 0 Å². The van der Waals surface area contributed by atoms with E-state index in [1.54, 1.807) is 0 Å². The molecule has 0 unspecified atom stereocenters. The minimum atomic E-state index is -0.559. The summed E-state index contributed by atoms with van der Waals surface area (Å²) in [6.45, 7) is 0.247. The van der Waals surface area contributed by atoms with E-state index in [-0.39, 0.29) is 24.3 Å². The number of aromatic nitrogens is 1. The van der Waals surface area contributed by atoms with Gasteiger partial charge in [0.15, 0.2) is 0 Å². The van der Waals surface area contributed by atoms with Gasteiger partial charge in [0, 0.05) is 21.9 Å². The van der Waals surface area contributed by atoms with Crippen molar-refractivity contribution in [2.24, 2.45) is 5.73 Å². The quantitative estimate of drug-likeness (QED) is 0.479. The highest BCUT2D eigenvalue weighted by Crippen LogP contribution is 2.40. The Morgan fingerprint density at radius 2 is 1.94 bits per heavy atom. The Morgan fingerprint density at radius 3 is 2.68 bits per heavy atom. The van der Waals surface area contributed by atoms with Crippen LogP contribution in [0.1, 0.15) is 43.8 Å². The first-order valence-corrected chi connectivity index (χ1v) is 11.3. The van der Waals surface area contributed by atoms with Gasteiger partial charge in [0.05, 0.1) is 6.54 Å². The molecule has 3 amide bonds. The molecule has 8 heteroatoms. The number of carbonyl (C=O) groups excluding carboxylic acids is 2. The molecule has 3 aromatic rings. The molecule has 1 fully saturated rings. The van der Waals surface area contributed by atoms with Crippen LogP contribution in [0.3, 0.4) is 0 Å². The lowest BCUT2D eigenvalue weighted by Crippen LogP contribution is -2.36. The number of aryl methyl sites for hydroxylation is 2. The van der Waals surface area contributed by atoms with Crippen LogP contribution in [0.2, 0.25) is 5.02 Å². The van der Waals surface area contributed by atoms with Crippen molar-refractivity contribution in [3.8, 4) is 0 Å². The van der Waals surface area contributed by atoms with Gasteiger partial charge in [-0.15, -0.1) is 11.3 Å². The average molecular weight is 455 g/mol. The zero-order valence-corrected chi connectivity index (χ0v) is 18.4. The van der Waals surface area contributed by atoms with Crippen molar-refractivity contribution in [3.05, 3.63) is 86.3 Å². The van der Waals surface area contributed by atoms with Gasteiger partial charge < -0.3 is 16.4 Å². The number of urea groups is 1. The third kappa shape index (κ3) is 5.62. The SMILES string of the molecule is NC(=O)c1nc(CNC(=O)N[C@@H]2C[C@H]2c2ccccc2)sc1CCc1cccc(Cl)c1. The monoisotopic (exact) mass is 454 g/mol. The minimum Gasteiger partial charge on any atom is -0.364 e. The number of halogens is 1. The number of hydrogen-bond donors (Lipinski definition) is 3. The van der Waals surface area contributed by atoms with Gasteiger partial charge in [-0.3, -0.25) is 4.79 Å². The molecule has 0 radical (unpaired) electrons. The maximum absolute atomic E-state index is 12.3. The van der Waals surface area contributed by atoms with E-state index in [0.717, 1.165) is 23.3 Å². The summed E-state index contributed by atoms with van der Waals surface area (Å²) in [6.07, 6.45) is 2.29. The second-order valence-corrected chi connectivity index (χ2v) is 9.16. The zero-order valence-electron chi connectivity index (χ0n) is 16.8. The number of rotatable bonds is 8. The zero-order chi connectivity index (χ0) is 21.8. The van der Waals surface area contributed by atoms with Crippen LogP contribution >= 0.6 is 22.9 Å². The molecule has 2 aromatic carbocycles. The number of nitrogens with one attached hydrogen (secondary N) is 2. The Balaban J connectivity index is 1.31. The smallest absolute Gasteiger partial charge is 0.315 e. The fourth-order valence-corrected chi connectivity index (χ4v) is 4.81. The van der Waals surface area contributed by atoms with Crippen LogP contribution in [0, 0.1) is 0 Å². The summed E-state index contributed by atoms with van der Waals surface area (Å²) in [4.78, 5) is 29.2. The molecule has 1 saturated carbocycles. The van der Waals surface area contributed by atoms with E-state index < -0.39 is 5.91 Å². The van der Waals surface area contributed by atoms with Crippen LogP contribution in [0.15, 0.2) is 54.6 Å². The highest BCUT2D eigenvalue weighted by atomic mass is 35.5. The van der Waals surface area contributed by atoms with Gasteiger partial charge in [-0.25, -0.2) is 9.78 Å². The largest absolute Gasteiger partial charge is 0.364 e. The van der Waals surface area contributed by atoms with E-state index in [1.165, 1.54) is 16.9 Å². The van der Waals surface area contributed by atoms with Gasteiger partial charge in [-0.2, -0.15) is 0 Å². The topological polar surface area (TPSA) is 97.1 Å². The van der Waals surface area contributed by atoms with Crippen LogP contribution < -0.4 is 16.4 Å². The van der Waals surface area contributed by atoms with E-state index in [9.17, 15) is 9.59 Å². The van der Waals surface area contributed by atoms with Crippen molar-refractivity contribution >= 4 is 34.9 Å². The molecule has 31 heavy (non-hydrogen) atoms. The summed E-state index contributed by atoms with van der Waals surface area (Å²) in [5.41, 5.74) is 8.10. The van der Waals surface area contributed by atoms with Crippen molar-refractivity contribution in [2.45, 2.75) is 37.8 Å². The Kier molecular flexibility index (Phi) is 6.53. The lowest BCUT2D eigenvalue weighted by Gasteiger charge is -2.06. The first-order valence-electron chi connectivity index (χ1n) is 10.1. The molecule has 0 saturated heterocycles. The lowest BCUT2D eigenvalue weighted by atomic mass is 10.1. The Morgan fingerprint density at radius 1 is 1.13 bits per heavy atom. The predicted molar refractivity (Wildman–Crippen MR) is 122 cm³/mol. The number of thiazole rings is 1. The van der Waals surface area contributed by atoms with Crippen molar-refractivity contribution < 1.29 is 9.59 Å². The molecule has 2 atom stereocenters. The highest BCUT2D eigenvalue weighted by Gasteiger charge is 2.39. The van der Waals surface area contributed by atoms with Crippen molar-refractivity contribution in [2.75, 3.05) is 0 Å². The Hall–Kier alpha value is -2.90. The molecule has 4 rings (SSSR count). The number of carbonyl (C=O) groups is 2. The van der Waals surface area contributed by atoms with Crippen LogP contribution in [-0.2, 0) is 19.4 Å². The Labute approximate surface area is 189 Å². The summed E-state index contributed by atoms with van der Waals surface area (Å²) < 4.78 is 0. The summed E-state index contributed by atoms with van der Waals surface area (Å²) in [5, 5.41) is 7.15. The van der Waals surface area contributed by atoms with Crippen LogP contribution in [-0.4, -0.2) is 23.0 Å².